The maximum atomic E-state index is 13.0. The van der Waals surface area contributed by atoms with E-state index in [2.05, 4.69) is 10.0 Å². The van der Waals surface area contributed by atoms with Crippen LogP contribution in [0.2, 0.25) is 0 Å². The topological polar surface area (TPSA) is 168 Å². The van der Waals surface area contributed by atoms with Crippen LogP contribution >= 0.6 is 0 Å². The summed E-state index contributed by atoms with van der Waals surface area (Å²) in [5, 5.41) is 19.6. The molecule has 4 N–H and O–H groups in total. The Kier molecular flexibility index (Phi) is 7.80. The highest BCUT2D eigenvalue weighted by atomic mass is 32.2. The number of carbonyl (C=O) groups excluding carboxylic acids is 1. The van der Waals surface area contributed by atoms with Crippen LogP contribution in [0.25, 0.3) is 6.08 Å². The van der Waals surface area contributed by atoms with Gasteiger partial charge in [0.25, 0.3) is 15.9 Å². The van der Waals surface area contributed by atoms with E-state index >= 15 is 0 Å². The average Bonchev–Trinajstić information content (AvgIpc) is 2.75. The lowest BCUT2D eigenvalue weighted by atomic mass is 10.2. The lowest BCUT2D eigenvalue weighted by Gasteiger charge is -2.15. The molecule has 0 unspecified atom stereocenters. The summed E-state index contributed by atoms with van der Waals surface area (Å²) in [4.78, 5) is 32.9. The lowest BCUT2D eigenvalue weighted by Crippen LogP contribution is -2.29. The summed E-state index contributed by atoms with van der Waals surface area (Å²) in [5.74, 6) is -3.06. The molecular formula is C20H20N2O9S. The van der Waals surface area contributed by atoms with Gasteiger partial charge in [0.15, 0.2) is 11.5 Å². The fraction of sp³-hybridized carbons (Fsp3) is 0.150. The molecule has 32 heavy (non-hydrogen) atoms. The number of sulfonamides is 1. The minimum Gasteiger partial charge on any atom is -0.493 e. The van der Waals surface area contributed by atoms with Crippen LogP contribution in [0.1, 0.15) is 15.9 Å². The van der Waals surface area contributed by atoms with Crippen LogP contribution in [0.15, 0.2) is 47.4 Å². The smallest absolute Gasteiger partial charge is 0.328 e. The fourth-order valence-corrected chi connectivity index (χ4v) is 3.85. The molecule has 0 saturated carbocycles. The van der Waals surface area contributed by atoms with Gasteiger partial charge in [0.1, 0.15) is 11.4 Å². The van der Waals surface area contributed by atoms with Crippen LogP contribution in [-0.4, -0.2) is 57.2 Å². The van der Waals surface area contributed by atoms with E-state index in [-0.39, 0.29) is 33.2 Å². The van der Waals surface area contributed by atoms with Crippen LogP contribution in [0.3, 0.4) is 0 Å². The molecule has 2 aromatic carbocycles. The van der Waals surface area contributed by atoms with Gasteiger partial charge < -0.3 is 25.0 Å². The van der Waals surface area contributed by atoms with Crippen molar-refractivity contribution in [2.24, 2.45) is 0 Å². The Bertz CT molecular complexity index is 1160. The van der Waals surface area contributed by atoms with E-state index in [1.54, 1.807) is 0 Å². The quantitative estimate of drug-likeness (QED) is 0.380. The van der Waals surface area contributed by atoms with E-state index in [1.165, 1.54) is 56.7 Å². The van der Waals surface area contributed by atoms with Crippen molar-refractivity contribution < 1.29 is 42.5 Å². The number of carboxylic acid groups (broad SMARTS) is 2. The van der Waals surface area contributed by atoms with Crippen molar-refractivity contribution in [1.29, 1.82) is 0 Å². The normalized spacial score (nSPS) is 11.1. The van der Waals surface area contributed by atoms with Gasteiger partial charge in [0, 0.05) is 17.3 Å². The summed E-state index contributed by atoms with van der Waals surface area (Å²) in [6.07, 6.45) is 2.05. The molecule has 12 heteroatoms. The highest BCUT2D eigenvalue weighted by molar-refractivity contribution is 7.92. The molecule has 2 aromatic rings. The molecule has 0 aliphatic heterocycles. The van der Waals surface area contributed by atoms with Crippen molar-refractivity contribution >= 4 is 39.6 Å². The molecule has 0 aliphatic rings. The second-order valence-corrected chi connectivity index (χ2v) is 7.84. The van der Waals surface area contributed by atoms with E-state index in [0.717, 1.165) is 6.08 Å². The molecular weight excluding hydrogens is 444 g/mol. The van der Waals surface area contributed by atoms with E-state index < -0.39 is 34.4 Å². The fourth-order valence-electron chi connectivity index (χ4n) is 2.57. The highest BCUT2D eigenvalue weighted by Crippen LogP contribution is 2.36. The Hall–Kier alpha value is -4.06. The first-order chi connectivity index (χ1) is 15.1. The Morgan fingerprint density at radius 3 is 2.22 bits per heavy atom. The number of hydrogen-bond acceptors (Lipinski definition) is 7. The highest BCUT2D eigenvalue weighted by Gasteiger charge is 2.24. The molecule has 11 nitrogen and oxygen atoms in total. The number of amides is 1. The minimum atomic E-state index is -4.22. The van der Waals surface area contributed by atoms with Crippen molar-refractivity contribution in [3.63, 3.8) is 0 Å². The minimum absolute atomic E-state index is 0.0749. The van der Waals surface area contributed by atoms with Gasteiger partial charge >= 0.3 is 11.9 Å². The third kappa shape index (κ3) is 6.22. The molecule has 170 valence electrons. The summed E-state index contributed by atoms with van der Waals surface area (Å²) in [6.45, 7) is -0.554. The first kappa shape index (κ1) is 24.2. The van der Waals surface area contributed by atoms with Gasteiger partial charge in [-0.25, -0.2) is 13.2 Å². The van der Waals surface area contributed by atoms with Gasteiger partial charge in [-0.3, -0.25) is 14.3 Å². The number of anilines is 1. The summed E-state index contributed by atoms with van der Waals surface area (Å²) in [6, 6.07) is 7.92. The molecule has 0 radical (unpaired) electrons. The number of methoxy groups -OCH3 is 2. The molecule has 0 atom stereocenters. The zero-order chi connectivity index (χ0) is 23.9. The predicted octanol–water partition coefficient (Wildman–Crippen LogP) is 1.42. The first-order valence-electron chi connectivity index (χ1n) is 8.87. The number of benzene rings is 2. The molecule has 0 aliphatic carbocycles. The Morgan fingerprint density at radius 1 is 1.03 bits per heavy atom. The molecule has 2 rings (SSSR count). The molecule has 1 amide bonds. The largest absolute Gasteiger partial charge is 0.493 e. The van der Waals surface area contributed by atoms with Crippen LogP contribution in [0.5, 0.6) is 11.5 Å². The number of nitrogens with one attached hydrogen (secondary N) is 2. The summed E-state index contributed by atoms with van der Waals surface area (Å²) >= 11 is 0. The molecule has 0 fully saturated rings. The standard InChI is InChI=1S/C20H20N2O9S/c1-30-15-9-12(3-8-17(23)24)10-16(19(15)31-2)32(28,29)22-14-6-4-13(5-7-14)20(27)21-11-18(25)26/h3-10,22H,11H2,1-2H3,(H,21,27)(H,23,24)(H,25,26)/b8-3+. The number of rotatable bonds is 10. The number of hydrogen-bond donors (Lipinski definition) is 4. The second kappa shape index (κ2) is 10.3. The SMILES string of the molecule is COc1cc(/C=C/C(=O)O)cc(S(=O)(=O)Nc2ccc(C(=O)NCC(=O)O)cc2)c1OC. The maximum absolute atomic E-state index is 13.0. The van der Waals surface area contributed by atoms with Crippen LogP contribution in [-0.2, 0) is 19.6 Å². The van der Waals surface area contributed by atoms with E-state index in [9.17, 15) is 22.8 Å². The summed E-state index contributed by atoms with van der Waals surface area (Å²) < 4.78 is 38.7. The van der Waals surface area contributed by atoms with Crippen molar-refractivity contribution in [3.8, 4) is 11.5 Å². The number of carboxylic acids is 2. The van der Waals surface area contributed by atoms with E-state index in [0.29, 0.717) is 0 Å². The van der Waals surface area contributed by atoms with E-state index in [4.69, 9.17) is 19.7 Å². The Morgan fingerprint density at radius 2 is 1.69 bits per heavy atom. The number of aliphatic carboxylic acids is 2. The molecule has 0 saturated heterocycles. The van der Waals surface area contributed by atoms with Crippen LogP contribution < -0.4 is 19.5 Å². The molecule has 0 bridgehead atoms. The zero-order valence-electron chi connectivity index (χ0n) is 17.0. The van der Waals surface area contributed by atoms with Gasteiger partial charge in [-0.05, 0) is 48.0 Å². The van der Waals surface area contributed by atoms with Gasteiger partial charge in [-0.15, -0.1) is 0 Å². The third-order valence-corrected chi connectivity index (χ3v) is 5.36. The van der Waals surface area contributed by atoms with Crippen molar-refractivity contribution in [2.45, 2.75) is 4.90 Å². The van der Waals surface area contributed by atoms with Gasteiger partial charge in [-0.1, -0.05) is 0 Å². The first-order valence-corrected chi connectivity index (χ1v) is 10.4. The van der Waals surface area contributed by atoms with Crippen molar-refractivity contribution in [3.05, 3.63) is 53.6 Å². The van der Waals surface area contributed by atoms with Gasteiger partial charge in [0.05, 0.1) is 14.2 Å². The molecule has 0 aromatic heterocycles. The lowest BCUT2D eigenvalue weighted by molar-refractivity contribution is -0.136. The monoisotopic (exact) mass is 464 g/mol. The summed E-state index contributed by atoms with van der Waals surface area (Å²) in [7, 11) is -1.65. The third-order valence-electron chi connectivity index (χ3n) is 3.97. The van der Waals surface area contributed by atoms with Gasteiger partial charge in [-0.2, -0.15) is 0 Å². The maximum Gasteiger partial charge on any atom is 0.328 e. The average molecular weight is 464 g/mol. The van der Waals surface area contributed by atoms with Crippen LogP contribution in [0.4, 0.5) is 5.69 Å². The van der Waals surface area contributed by atoms with Crippen molar-refractivity contribution in [2.75, 3.05) is 25.5 Å². The van der Waals surface area contributed by atoms with Crippen LogP contribution in [0, 0.1) is 0 Å². The predicted molar refractivity (Wildman–Crippen MR) is 113 cm³/mol. The van der Waals surface area contributed by atoms with Gasteiger partial charge in [0.2, 0.25) is 0 Å². The number of ether oxygens (including phenoxy) is 2. The molecule has 0 heterocycles. The Labute approximate surface area is 183 Å². The summed E-state index contributed by atoms with van der Waals surface area (Å²) in [5.41, 5.74) is 0.498. The zero-order valence-corrected chi connectivity index (χ0v) is 17.8. The van der Waals surface area contributed by atoms with E-state index in [1.807, 2.05) is 0 Å². The Balaban J connectivity index is 2.36. The second-order valence-electron chi connectivity index (χ2n) is 6.19. The van der Waals surface area contributed by atoms with Crippen molar-refractivity contribution in [1.82, 2.24) is 5.32 Å². The molecule has 0 spiro atoms. The number of carbonyl (C=O) groups is 3.